The lowest BCUT2D eigenvalue weighted by Crippen LogP contribution is -2.66. The largest absolute Gasteiger partial charge is 0.444 e. The second-order valence-corrected chi connectivity index (χ2v) is 11.9. The van der Waals surface area contributed by atoms with Gasteiger partial charge in [0.25, 0.3) is 11.8 Å². The summed E-state index contributed by atoms with van der Waals surface area (Å²) in [5, 5.41) is 3.38. The van der Waals surface area contributed by atoms with Crippen LogP contribution in [-0.4, -0.2) is 33.3 Å². The third-order valence-electron chi connectivity index (χ3n) is 6.69. The molecule has 0 bridgehead atoms. The molecule has 0 fully saturated rings. The van der Waals surface area contributed by atoms with Gasteiger partial charge in [0.1, 0.15) is 15.4 Å². The van der Waals surface area contributed by atoms with Gasteiger partial charge in [-0.25, -0.2) is 9.79 Å². The molecular formula is C30H29N3O4S. The highest BCUT2D eigenvalue weighted by Gasteiger charge is 2.68. The summed E-state index contributed by atoms with van der Waals surface area (Å²) < 4.78 is 4.14. The number of hydrogen-bond donors (Lipinski definition) is 1. The van der Waals surface area contributed by atoms with Crippen molar-refractivity contribution in [2.75, 3.05) is 4.90 Å². The maximum atomic E-state index is 14.6. The number of carbonyl (C=O) groups is 3. The highest BCUT2D eigenvalue weighted by molar-refractivity contribution is 8.16. The molecule has 2 heterocycles. The minimum Gasteiger partial charge on any atom is -0.444 e. The Hall–Kier alpha value is -3.91. The van der Waals surface area contributed by atoms with E-state index in [1.54, 1.807) is 44.7 Å². The van der Waals surface area contributed by atoms with E-state index in [9.17, 15) is 14.4 Å². The SMILES string of the molecule is CC(C)(C)OC(=O)N[C@]1([C@]2(C)SC(c3ccccc3)=NC2=O)C(=O)N(Cc2ccccc2)c2ccccc21. The normalized spacial score (nSPS) is 22.7. The Kier molecular flexibility index (Phi) is 6.39. The lowest BCUT2D eigenvalue weighted by Gasteiger charge is -2.41. The Labute approximate surface area is 226 Å². The number of alkyl carbamates (subject to hydrolysis) is 1. The first kappa shape index (κ1) is 25.7. The highest BCUT2D eigenvalue weighted by atomic mass is 32.2. The summed E-state index contributed by atoms with van der Waals surface area (Å²) in [7, 11) is 0. The van der Waals surface area contributed by atoms with Crippen LogP contribution in [0.5, 0.6) is 0 Å². The van der Waals surface area contributed by atoms with Crippen LogP contribution in [0.15, 0.2) is 89.9 Å². The molecule has 2 aliphatic rings. The molecule has 8 heteroatoms. The Morgan fingerprint density at radius 1 is 0.947 bits per heavy atom. The number of benzene rings is 3. The van der Waals surface area contributed by atoms with Gasteiger partial charge in [0.2, 0.25) is 0 Å². The van der Waals surface area contributed by atoms with Gasteiger partial charge in [0.05, 0.1) is 12.2 Å². The summed E-state index contributed by atoms with van der Waals surface area (Å²) in [5.74, 6) is -0.914. The van der Waals surface area contributed by atoms with Crippen LogP contribution in [0.2, 0.25) is 0 Å². The maximum absolute atomic E-state index is 14.6. The molecular weight excluding hydrogens is 498 g/mol. The summed E-state index contributed by atoms with van der Waals surface area (Å²) in [6.07, 6.45) is -0.787. The molecule has 5 rings (SSSR count). The van der Waals surface area contributed by atoms with Gasteiger partial charge < -0.3 is 15.0 Å². The summed E-state index contributed by atoms with van der Waals surface area (Å²) >= 11 is 1.19. The fourth-order valence-corrected chi connectivity index (χ4v) is 6.24. The molecule has 3 amide bonds. The van der Waals surface area contributed by atoms with Crippen molar-refractivity contribution >= 4 is 40.4 Å². The summed E-state index contributed by atoms with van der Waals surface area (Å²) in [6.45, 7) is 7.20. The third kappa shape index (κ3) is 4.28. The van der Waals surface area contributed by atoms with Crippen molar-refractivity contribution in [3.05, 3.63) is 102 Å². The number of thioether (sulfide) groups is 1. The van der Waals surface area contributed by atoms with Gasteiger partial charge in [-0.2, -0.15) is 0 Å². The molecule has 0 saturated carbocycles. The second kappa shape index (κ2) is 9.44. The smallest absolute Gasteiger partial charge is 0.408 e. The number of anilines is 1. The standard InChI is InChI=1S/C30H29N3O4S/c1-28(2,3)37-27(36)32-30(29(4)25(34)31-24(38-29)21-15-9-6-10-16-21)22-17-11-12-18-23(22)33(26(30)35)19-20-13-7-5-8-14-20/h5-18H,19H2,1-4H3,(H,32,36)/t29-,30+/m1/s1. The number of nitrogens with zero attached hydrogens (tertiary/aromatic N) is 2. The van der Waals surface area contributed by atoms with Crippen molar-refractivity contribution in [2.24, 2.45) is 4.99 Å². The maximum Gasteiger partial charge on any atom is 0.408 e. The van der Waals surface area contributed by atoms with E-state index in [1.807, 2.05) is 72.8 Å². The second-order valence-electron chi connectivity index (χ2n) is 10.5. The van der Waals surface area contributed by atoms with Gasteiger partial charge in [-0.15, -0.1) is 0 Å². The van der Waals surface area contributed by atoms with Gasteiger partial charge in [-0.1, -0.05) is 90.6 Å². The van der Waals surface area contributed by atoms with Gasteiger partial charge >= 0.3 is 6.09 Å². The van der Waals surface area contributed by atoms with Gasteiger partial charge in [-0.05, 0) is 39.3 Å². The topological polar surface area (TPSA) is 88.1 Å². The molecule has 0 unspecified atom stereocenters. The zero-order valence-electron chi connectivity index (χ0n) is 21.7. The van der Waals surface area contributed by atoms with Gasteiger partial charge in [0.15, 0.2) is 5.54 Å². The molecule has 7 nitrogen and oxygen atoms in total. The van der Waals surface area contributed by atoms with E-state index >= 15 is 0 Å². The van der Waals surface area contributed by atoms with Crippen LogP contribution in [0.3, 0.4) is 0 Å². The molecule has 3 aromatic rings. The number of hydrogen-bond acceptors (Lipinski definition) is 5. The number of rotatable bonds is 5. The lowest BCUT2D eigenvalue weighted by molar-refractivity contribution is -0.131. The van der Waals surface area contributed by atoms with Crippen LogP contribution < -0.4 is 10.2 Å². The van der Waals surface area contributed by atoms with E-state index in [4.69, 9.17) is 4.74 Å². The molecule has 0 aromatic heterocycles. The Bertz CT molecular complexity index is 1430. The molecule has 1 N–H and O–H groups in total. The fourth-order valence-electron chi connectivity index (χ4n) is 4.93. The van der Waals surface area contributed by atoms with Crippen LogP contribution in [0.1, 0.15) is 44.4 Å². The number of nitrogens with one attached hydrogen (secondary N) is 1. The number of para-hydroxylation sites is 1. The number of fused-ring (bicyclic) bond motifs is 1. The molecule has 0 saturated heterocycles. The fraction of sp³-hybridized carbons (Fsp3) is 0.267. The van der Waals surface area contributed by atoms with E-state index in [2.05, 4.69) is 10.3 Å². The van der Waals surface area contributed by atoms with Crippen LogP contribution >= 0.6 is 11.8 Å². The monoisotopic (exact) mass is 527 g/mol. The van der Waals surface area contributed by atoms with E-state index in [-0.39, 0.29) is 6.54 Å². The molecule has 2 atom stereocenters. The van der Waals surface area contributed by atoms with E-state index in [1.165, 1.54) is 11.8 Å². The minimum atomic E-state index is -1.76. The lowest BCUT2D eigenvalue weighted by atomic mass is 9.78. The van der Waals surface area contributed by atoms with Crippen molar-refractivity contribution in [2.45, 2.75) is 50.1 Å². The zero-order valence-corrected chi connectivity index (χ0v) is 22.5. The summed E-state index contributed by atoms with van der Waals surface area (Å²) in [4.78, 5) is 47.7. The van der Waals surface area contributed by atoms with Crippen molar-refractivity contribution in [1.82, 2.24) is 5.32 Å². The van der Waals surface area contributed by atoms with Crippen LogP contribution in [-0.2, 0) is 26.4 Å². The van der Waals surface area contributed by atoms with Gasteiger partial charge in [-0.3, -0.25) is 9.59 Å². The average Bonchev–Trinajstić information content (AvgIpc) is 3.32. The Morgan fingerprint density at radius 3 is 2.21 bits per heavy atom. The Morgan fingerprint density at radius 2 is 1.55 bits per heavy atom. The summed E-state index contributed by atoms with van der Waals surface area (Å²) in [6, 6.07) is 26.2. The molecule has 194 valence electrons. The summed E-state index contributed by atoms with van der Waals surface area (Å²) in [5.41, 5.74) is 0.264. The first-order valence-corrected chi connectivity index (χ1v) is 13.2. The molecule has 2 aliphatic heterocycles. The van der Waals surface area contributed by atoms with Crippen LogP contribution in [0.25, 0.3) is 0 Å². The highest BCUT2D eigenvalue weighted by Crippen LogP contribution is 2.55. The Balaban J connectivity index is 1.65. The van der Waals surface area contributed by atoms with E-state index < -0.39 is 33.8 Å². The van der Waals surface area contributed by atoms with Gasteiger partial charge in [0, 0.05) is 11.1 Å². The minimum absolute atomic E-state index is 0.274. The van der Waals surface area contributed by atoms with Crippen molar-refractivity contribution in [3.8, 4) is 0 Å². The van der Waals surface area contributed by atoms with Crippen molar-refractivity contribution in [1.29, 1.82) is 0 Å². The predicted octanol–water partition coefficient (Wildman–Crippen LogP) is 5.43. The van der Waals surface area contributed by atoms with Crippen LogP contribution in [0.4, 0.5) is 10.5 Å². The van der Waals surface area contributed by atoms with Crippen LogP contribution in [0, 0.1) is 0 Å². The number of amides is 3. The number of aliphatic imine (C=N–C) groups is 1. The molecule has 0 radical (unpaired) electrons. The number of carbonyl (C=O) groups excluding carboxylic acids is 3. The zero-order chi connectivity index (χ0) is 27.1. The predicted molar refractivity (Wildman–Crippen MR) is 149 cm³/mol. The first-order valence-electron chi connectivity index (χ1n) is 12.4. The van der Waals surface area contributed by atoms with Crippen molar-refractivity contribution < 1.29 is 19.1 Å². The number of ether oxygens (including phenoxy) is 1. The quantitative estimate of drug-likeness (QED) is 0.478. The third-order valence-corrected chi connectivity index (χ3v) is 8.09. The van der Waals surface area contributed by atoms with E-state index in [0.29, 0.717) is 16.3 Å². The molecule has 0 spiro atoms. The average molecular weight is 528 g/mol. The van der Waals surface area contributed by atoms with E-state index in [0.717, 1.165) is 11.1 Å². The van der Waals surface area contributed by atoms with Crippen molar-refractivity contribution in [3.63, 3.8) is 0 Å². The molecule has 0 aliphatic carbocycles. The molecule has 3 aromatic carbocycles. The molecule has 38 heavy (non-hydrogen) atoms. The first-order chi connectivity index (χ1) is 18.0.